The van der Waals surface area contributed by atoms with Gasteiger partial charge < -0.3 is 63.8 Å². The molecule has 680 valence electrons. The fourth-order valence-electron chi connectivity index (χ4n) is 19.2. The van der Waals surface area contributed by atoms with Crippen molar-refractivity contribution in [3.05, 3.63) is 194 Å². The average molecular weight is 1780 g/mol. The molecule has 8 aliphatic rings. The van der Waals surface area contributed by atoms with Crippen LogP contribution in [0.15, 0.2) is 160 Å². The van der Waals surface area contributed by atoms with E-state index in [9.17, 15) is 43.2 Å². The van der Waals surface area contributed by atoms with E-state index < -0.39 is 10.5 Å². The molecule has 0 radical (unpaired) electrons. The molecule has 28 heteroatoms. The first-order valence-corrected chi connectivity index (χ1v) is 48.6. The van der Waals surface area contributed by atoms with E-state index in [4.69, 9.17) is 4.74 Å². The van der Waals surface area contributed by atoms with Gasteiger partial charge in [0.1, 0.15) is 16.1 Å². The number of amides is 6. The maximum Gasteiger partial charge on any atom is 0.326 e. The van der Waals surface area contributed by atoms with Gasteiger partial charge in [-0.15, -0.1) is 35.3 Å². The van der Waals surface area contributed by atoms with Gasteiger partial charge in [0, 0.05) is 175 Å². The molecule has 0 saturated carbocycles. The van der Waals surface area contributed by atoms with Crippen molar-refractivity contribution in [2.24, 2.45) is 16.2 Å². The molecule has 6 atom stereocenters. The summed E-state index contributed by atoms with van der Waals surface area (Å²) in [4.78, 5) is 148. The van der Waals surface area contributed by atoms with Gasteiger partial charge in [-0.05, 0) is 148 Å². The lowest BCUT2D eigenvalue weighted by atomic mass is 9.92. The molecule has 6 amide bonds. The minimum atomic E-state index is -0.413. The molecular weight excluding hydrogens is 1640 g/mol. The molecule has 8 fully saturated rings. The number of nitrogens with one attached hydrogen (secondary N) is 3. The van der Waals surface area contributed by atoms with E-state index in [2.05, 4.69) is 147 Å². The molecule has 0 spiro atoms. The summed E-state index contributed by atoms with van der Waals surface area (Å²) in [5, 5.41) is -1.55. The van der Waals surface area contributed by atoms with E-state index >= 15 is 0 Å². The van der Waals surface area contributed by atoms with Crippen molar-refractivity contribution in [1.82, 2.24) is 58.1 Å². The predicted molar refractivity (Wildman–Crippen MR) is 515 cm³/mol. The zero-order valence-corrected chi connectivity index (χ0v) is 77.9. The summed E-state index contributed by atoms with van der Waals surface area (Å²) in [6, 6.07) is 48.6. The van der Waals surface area contributed by atoms with Gasteiger partial charge in [-0.1, -0.05) is 153 Å². The number of rotatable bonds is 21. The molecule has 9 aromatic rings. The molecule has 3 aromatic heterocycles. The van der Waals surface area contributed by atoms with Crippen molar-refractivity contribution >= 4 is 121 Å². The summed E-state index contributed by atoms with van der Waals surface area (Å²) in [6.45, 7) is 30.5. The number of nitrogens with zero attached hydrogens (tertiary/aromatic N) is 12. The number of aromatic nitrogens is 6. The first-order valence-electron chi connectivity index (χ1n) is 45.7. The first-order chi connectivity index (χ1) is 60.4. The van der Waals surface area contributed by atoms with Crippen molar-refractivity contribution in [3.63, 3.8) is 0 Å². The van der Waals surface area contributed by atoms with Crippen LogP contribution in [0.3, 0.4) is 0 Å². The standard InChI is InChI=1S/C34H45N5O3S.C33H43N5O4S.C31H41N5O3S.3H2/c1-34(2,3)17-22-38-31(41)29(43-32(38)25-11-5-7-13-27(25)36-18-9-4-10-19-36)23-30(40)37-20-15-24(16-21-37)39-28-14-8-6-12-26(28)35-33(39)42;1-33(2,3)14-17-37-30(40)28(43-31(37)24-8-4-6-10-26(24)35-18-20-42-21-19-35)22-29(39)36-15-12-23(13-16-36)38-27-11-7-5-9-25(27)34-32(38)41;1-31(2,3)16-19-35-28(38)26(40-29(35)22-10-6-8-12-24(22)33(4)5)20-27(37)34-17-14-21(15-18-34)36-25-13-9-7-11-23(25)32-30(36)39;;;/h5-8,11-14,24,29,32H,4,9-10,15-23H2,1-3H3,(H,35,42);4-11,23,28,31H,12-22H2,1-3H3,(H,34,41);6-13,21,26,29H,14-20H2,1-5H3,(H,32,39);3*1H. The number of benzene rings is 6. The van der Waals surface area contributed by atoms with Gasteiger partial charge in [0.15, 0.2) is 0 Å². The van der Waals surface area contributed by atoms with Crippen molar-refractivity contribution in [3.8, 4) is 0 Å². The number of likely N-dealkylation sites (tertiary alicyclic amines) is 3. The third-order valence-electron chi connectivity index (χ3n) is 26.4. The Morgan fingerprint density at radius 2 is 0.675 bits per heavy atom. The van der Waals surface area contributed by atoms with Gasteiger partial charge in [0.25, 0.3) is 0 Å². The lowest BCUT2D eigenvalue weighted by Crippen LogP contribution is -2.42. The minimum absolute atomic E-state index is 0. The van der Waals surface area contributed by atoms with Crippen LogP contribution in [0, 0.1) is 16.2 Å². The van der Waals surface area contributed by atoms with E-state index in [0.717, 1.165) is 127 Å². The third-order valence-corrected chi connectivity index (χ3v) is 30.7. The van der Waals surface area contributed by atoms with Crippen LogP contribution >= 0.6 is 35.3 Å². The summed E-state index contributed by atoms with van der Waals surface area (Å²) >= 11 is 4.89. The van der Waals surface area contributed by atoms with Crippen molar-refractivity contribution in [1.29, 1.82) is 0 Å². The van der Waals surface area contributed by atoms with Crippen molar-refractivity contribution in [2.45, 2.75) is 209 Å². The number of para-hydroxylation sites is 9. The maximum atomic E-state index is 14.0. The fourth-order valence-corrected chi connectivity index (χ4v) is 23.8. The number of morpholine rings is 1. The van der Waals surface area contributed by atoms with Crippen molar-refractivity contribution < 1.29 is 37.8 Å². The molecule has 8 aliphatic heterocycles. The Balaban J connectivity index is 0.000000173. The van der Waals surface area contributed by atoms with E-state index in [1.54, 1.807) is 35.3 Å². The molecular formula is C98H135N15O10S3. The topological polar surface area (TPSA) is 254 Å². The quantitative estimate of drug-likeness (QED) is 0.0604. The van der Waals surface area contributed by atoms with Gasteiger partial charge in [-0.3, -0.25) is 42.5 Å². The second-order valence-electron chi connectivity index (χ2n) is 39.1. The Hall–Kier alpha value is -9.64. The number of carbonyl (C=O) groups excluding carboxylic acids is 6. The van der Waals surface area contributed by atoms with Crippen LogP contribution < -0.4 is 31.8 Å². The van der Waals surface area contributed by atoms with Gasteiger partial charge in [0.2, 0.25) is 35.4 Å². The number of ether oxygens (including phenoxy) is 1. The summed E-state index contributed by atoms with van der Waals surface area (Å²) in [5.41, 5.74) is 12.2. The van der Waals surface area contributed by atoms with E-state index in [1.807, 2.05) is 148 Å². The van der Waals surface area contributed by atoms with Crippen LogP contribution in [0.2, 0.25) is 0 Å². The second kappa shape index (κ2) is 39.5. The number of piperidine rings is 4. The highest BCUT2D eigenvalue weighted by atomic mass is 32.2. The van der Waals surface area contributed by atoms with Gasteiger partial charge >= 0.3 is 17.1 Å². The molecule has 0 aliphatic carbocycles. The molecule has 11 heterocycles. The second-order valence-corrected chi connectivity index (χ2v) is 42.9. The SMILES string of the molecule is CC(C)(C)CCN1C(=O)C(CC(=O)N2CCC(n3c(=O)[nH]c4ccccc43)CC2)SC1c1ccccc1N1CCCCC1.CC(C)(C)CCN1C(=O)C(CC(=O)N2CCC(n3c(=O)[nH]c4ccccc43)CC2)SC1c1ccccc1N1CCOCC1.CN(C)c1ccccc1C1SC(CC(=O)N2CCC(n3c(=O)[nH]c4ccccc43)CC2)C(=O)N1CCC(C)(C)C.[HH].[HH].[HH]. The summed E-state index contributed by atoms with van der Waals surface area (Å²) in [7, 11) is 4.05. The Kier molecular flexibility index (Phi) is 28.6. The molecule has 25 nitrogen and oxygen atoms in total. The molecule has 6 unspecified atom stereocenters. The number of imidazole rings is 3. The Labute approximate surface area is 757 Å². The van der Waals surface area contributed by atoms with Crippen LogP contribution in [-0.4, -0.2) is 222 Å². The predicted octanol–water partition coefficient (Wildman–Crippen LogP) is 16.5. The number of hydrogen-bond acceptors (Lipinski definition) is 16. The van der Waals surface area contributed by atoms with E-state index in [-0.39, 0.29) is 132 Å². The molecule has 3 N–H and O–H groups in total. The summed E-state index contributed by atoms with van der Waals surface area (Å²) in [5.74, 6) is 0.282. The van der Waals surface area contributed by atoms with Crippen LogP contribution in [-0.2, 0) is 33.5 Å². The highest BCUT2D eigenvalue weighted by molar-refractivity contribution is 8.01. The highest BCUT2D eigenvalue weighted by Gasteiger charge is 2.48. The number of fused-ring (bicyclic) bond motifs is 3. The molecule has 17 rings (SSSR count). The van der Waals surface area contributed by atoms with Crippen LogP contribution in [0.1, 0.15) is 214 Å². The summed E-state index contributed by atoms with van der Waals surface area (Å²) in [6.07, 6.45) is 11.3. The molecule has 0 bridgehead atoms. The first kappa shape index (κ1) is 91.1. The van der Waals surface area contributed by atoms with Crippen molar-refractivity contribution in [2.75, 3.05) is 127 Å². The fraction of sp³-hybridized carbons (Fsp3) is 0.541. The highest BCUT2D eigenvalue weighted by Crippen LogP contribution is 2.52. The Morgan fingerprint density at radius 1 is 0.381 bits per heavy atom. The number of hydrogen-bond donors (Lipinski definition) is 3. The number of thioether (sulfide) groups is 3. The molecule has 6 aromatic carbocycles. The van der Waals surface area contributed by atoms with Crippen LogP contribution in [0.5, 0.6) is 0 Å². The molecule has 8 saturated heterocycles. The van der Waals surface area contributed by atoms with Gasteiger partial charge in [-0.2, -0.15) is 0 Å². The van der Waals surface area contributed by atoms with Gasteiger partial charge in [-0.25, -0.2) is 14.4 Å². The number of anilines is 3. The molecule has 126 heavy (non-hydrogen) atoms. The largest absolute Gasteiger partial charge is 0.378 e. The minimum Gasteiger partial charge on any atom is -0.378 e. The zero-order chi connectivity index (χ0) is 88.9. The normalized spacial score (nSPS) is 21.6. The number of H-pyrrole nitrogens is 3. The van der Waals surface area contributed by atoms with E-state index in [0.29, 0.717) is 85.0 Å². The monoisotopic (exact) mass is 1780 g/mol. The number of carbonyl (C=O) groups is 6. The van der Waals surface area contributed by atoms with Crippen LogP contribution in [0.25, 0.3) is 33.1 Å². The Bertz CT molecular complexity index is 5310. The third kappa shape index (κ3) is 21.0. The zero-order valence-electron chi connectivity index (χ0n) is 75.4. The van der Waals surface area contributed by atoms with E-state index in [1.165, 1.54) is 30.5 Å². The number of aromatic amines is 3. The average Bonchev–Trinajstić information content (AvgIpc) is 1.68. The van der Waals surface area contributed by atoms with Crippen LogP contribution in [0.4, 0.5) is 17.1 Å². The smallest absolute Gasteiger partial charge is 0.326 e. The lowest BCUT2D eigenvalue weighted by molar-refractivity contribution is -0.136. The Morgan fingerprint density at radius 3 is 1.01 bits per heavy atom. The maximum absolute atomic E-state index is 14.0. The lowest BCUT2D eigenvalue weighted by Gasteiger charge is -2.34. The summed E-state index contributed by atoms with van der Waals surface area (Å²) < 4.78 is 11.1. The van der Waals surface area contributed by atoms with Gasteiger partial charge in [0.05, 0.1) is 62.1 Å².